The highest BCUT2D eigenvalue weighted by Gasteiger charge is 2.22. The lowest BCUT2D eigenvalue weighted by Gasteiger charge is -2.14. The number of hydrogen-bond acceptors (Lipinski definition) is 6. The molecular formula is C13H23N5O2. The number of anilines is 2. The van der Waals surface area contributed by atoms with Crippen molar-refractivity contribution in [3.8, 4) is 0 Å². The van der Waals surface area contributed by atoms with Crippen LogP contribution in [0.3, 0.4) is 0 Å². The fourth-order valence-electron chi connectivity index (χ4n) is 1.87. The summed E-state index contributed by atoms with van der Waals surface area (Å²) in [6, 6.07) is 0. The summed E-state index contributed by atoms with van der Waals surface area (Å²) in [4.78, 5) is 18.8. The van der Waals surface area contributed by atoms with Gasteiger partial charge < -0.3 is 10.6 Å². The van der Waals surface area contributed by atoms with Crippen molar-refractivity contribution in [2.24, 2.45) is 5.92 Å². The zero-order valence-corrected chi connectivity index (χ0v) is 12.3. The lowest BCUT2D eigenvalue weighted by atomic mass is 10.0. The lowest BCUT2D eigenvalue weighted by Crippen LogP contribution is -2.16. The van der Waals surface area contributed by atoms with E-state index in [1.807, 2.05) is 6.92 Å². The van der Waals surface area contributed by atoms with E-state index in [9.17, 15) is 10.1 Å². The van der Waals surface area contributed by atoms with Crippen LogP contribution in [-0.2, 0) is 0 Å². The number of nitrogens with zero attached hydrogens (tertiary/aromatic N) is 3. The van der Waals surface area contributed by atoms with Crippen molar-refractivity contribution >= 4 is 17.3 Å². The first kappa shape index (κ1) is 16.1. The molecule has 0 unspecified atom stereocenters. The van der Waals surface area contributed by atoms with Gasteiger partial charge in [0.25, 0.3) is 0 Å². The van der Waals surface area contributed by atoms with Crippen molar-refractivity contribution in [3.63, 3.8) is 0 Å². The summed E-state index contributed by atoms with van der Waals surface area (Å²) in [5, 5.41) is 17.3. The van der Waals surface area contributed by atoms with Gasteiger partial charge in [0.1, 0.15) is 6.33 Å². The SMILES string of the molecule is CCCNc1ncnc(NCC(CC)CC)c1[N+](=O)[O-]. The molecule has 1 aromatic rings. The van der Waals surface area contributed by atoms with E-state index in [2.05, 4.69) is 34.4 Å². The Labute approximate surface area is 119 Å². The zero-order chi connectivity index (χ0) is 15.0. The van der Waals surface area contributed by atoms with Gasteiger partial charge >= 0.3 is 5.69 Å². The number of nitro groups is 1. The van der Waals surface area contributed by atoms with E-state index in [1.165, 1.54) is 6.33 Å². The van der Waals surface area contributed by atoms with E-state index in [1.54, 1.807) is 0 Å². The molecule has 0 saturated carbocycles. The molecule has 0 aliphatic rings. The van der Waals surface area contributed by atoms with Gasteiger partial charge in [0, 0.05) is 13.1 Å². The Balaban J connectivity index is 2.91. The maximum atomic E-state index is 11.2. The summed E-state index contributed by atoms with van der Waals surface area (Å²) >= 11 is 0. The third kappa shape index (κ3) is 4.32. The predicted molar refractivity (Wildman–Crippen MR) is 80.0 cm³/mol. The Morgan fingerprint density at radius 1 is 1.20 bits per heavy atom. The highest BCUT2D eigenvalue weighted by atomic mass is 16.6. The van der Waals surface area contributed by atoms with Gasteiger partial charge in [-0.25, -0.2) is 9.97 Å². The Morgan fingerprint density at radius 3 is 2.30 bits per heavy atom. The van der Waals surface area contributed by atoms with Gasteiger partial charge in [-0.3, -0.25) is 10.1 Å². The van der Waals surface area contributed by atoms with E-state index in [4.69, 9.17) is 0 Å². The maximum Gasteiger partial charge on any atom is 0.353 e. The van der Waals surface area contributed by atoms with Gasteiger partial charge in [-0.05, 0) is 12.3 Å². The third-order valence-electron chi connectivity index (χ3n) is 3.26. The van der Waals surface area contributed by atoms with Gasteiger partial charge in [-0.1, -0.05) is 33.6 Å². The van der Waals surface area contributed by atoms with E-state index in [0.29, 0.717) is 19.0 Å². The number of hydrogen-bond donors (Lipinski definition) is 2. The van der Waals surface area contributed by atoms with Crippen molar-refractivity contribution < 1.29 is 4.92 Å². The molecule has 0 radical (unpaired) electrons. The van der Waals surface area contributed by atoms with Gasteiger partial charge in [0.2, 0.25) is 11.6 Å². The highest BCUT2D eigenvalue weighted by molar-refractivity contribution is 5.69. The van der Waals surface area contributed by atoms with Crippen LogP contribution in [0.5, 0.6) is 0 Å². The molecule has 112 valence electrons. The Hall–Kier alpha value is -1.92. The standard InChI is InChI=1S/C13H23N5O2/c1-4-7-14-12-11(18(19)20)13(17-9-16-12)15-8-10(5-2)6-3/h9-10H,4-8H2,1-3H3,(H2,14,15,16,17). The monoisotopic (exact) mass is 281 g/mol. The van der Waals surface area contributed by atoms with E-state index in [0.717, 1.165) is 19.3 Å². The van der Waals surface area contributed by atoms with Gasteiger partial charge in [0.05, 0.1) is 4.92 Å². The minimum Gasteiger partial charge on any atom is -0.364 e. The van der Waals surface area contributed by atoms with Crippen LogP contribution in [0.2, 0.25) is 0 Å². The second kappa shape index (κ2) is 8.29. The molecule has 7 nitrogen and oxygen atoms in total. The minimum absolute atomic E-state index is 0.0769. The van der Waals surface area contributed by atoms with Crippen LogP contribution in [0.25, 0.3) is 0 Å². The molecular weight excluding hydrogens is 258 g/mol. The minimum atomic E-state index is -0.437. The molecule has 2 N–H and O–H groups in total. The van der Waals surface area contributed by atoms with Gasteiger partial charge in [0.15, 0.2) is 0 Å². The van der Waals surface area contributed by atoms with Crippen molar-refractivity contribution in [1.82, 2.24) is 9.97 Å². The summed E-state index contributed by atoms with van der Waals surface area (Å²) in [6.07, 6.45) is 4.28. The fourth-order valence-corrected chi connectivity index (χ4v) is 1.87. The molecule has 0 aliphatic heterocycles. The molecule has 0 atom stereocenters. The largest absolute Gasteiger partial charge is 0.364 e. The summed E-state index contributed by atoms with van der Waals surface area (Å²) in [5.74, 6) is 1.05. The molecule has 0 aromatic carbocycles. The second-order valence-corrected chi connectivity index (χ2v) is 4.67. The van der Waals surface area contributed by atoms with Gasteiger partial charge in [-0.15, -0.1) is 0 Å². The maximum absolute atomic E-state index is 11.2. The van der Waals surface area contributed by atoms with E-state index in [-0.39, 0.29) is 17.3 Å². The Kier molecular flexibility index (Phi) is 6.69. The molecule has 0 aliphatic carbocycles. The molecule has 0 bridgehead atoms. The van der Waals surface area contributed by atoms with Crippen LogP contribution < -0.4 is 10.6 Å². The third-order valence-corrected chi connectivity index (χ3v) is 3.26. The highest BCUT2D eigenvalue weighted by Crippen LogP contribution is 2.29. The Morgan fingerprint density at radius 2 is 1.80 bits per heavy atom. The first-order chi connectivity index (χ1) is 9.63. The van der Waals surface area contributed by atoms with Crippen molar-refractivity contribution in [2.75, 3.05) is 23.7 Å². The predicted octanol–water partition coefficient (Wildman–Crippen LogP) is 3.05. The van der Waals surface area contributed by atoms with E-state index < -0.39 is 4.92 Å². The fraction of sp³-hybridized carbons (Fsp3) is 0.692. The number of aromatic nitrogens is 2. The number of nitrogens with one attached hydrogen (secondary N) is 2. The second-order valence-electron chi connectivity index (χ2n) is 4.67. The van der Waals surface area contributed by atoms with Gasteiger partial charge in [-0.2, -0.15) is 0 Å². The van der Waals surface area contributed by atoms with Crippen LogP contribution in [-0.4, -0.2) is 28.0 Å². The molecule has 0 spiro atoms. The first-order valence-corrected chi connectivity index (χ1v) is 7.11. The molecule has 1 aromatic heterocycles. The van der Waals surface area contributed by atoms with Crippen LogP contribution >= 0.6 is 0 Å². The molecule has 1 rings (SSSR count). The average Bonchev–Trinajstić information content (AvgIpc) is 2.45. The molecule has 0 saturated heterocycles. The van der Waals surface area contributed by atoms with Crippen molar-refractivity contribution in [1.29, 1.82) is 0 Å². The summed E-state index contributed by atoms with van der Waals surface area (Å²) in [5.41, 5.74) is -0.0769. The molecule has 7 heteroatoms. The average molecular weight is 281 g/mol. The molecule has 0 amide bonds. The van der Waals surface area contributed by atoms with Crippen LogP contribution in [0.4, 0.5) is 17.3 Å². The molecule has 20 heavy (non-hydrogen) atoms. The van der Waals surface area contributed by atoms with Crippen LogP contribution in [0.15, 0.2) is 6.33 Å². The smallest absolute Gasteiger partial charge is 0.353 e. The quantitative estimate of drug-likeness (QED) is 0.534. The number of rotatable bonds is 9. The first-order valence-electron chi connectivity index (χ1n) is 7.11. The van der Waals surface area contributed by atoms with Crippen molar-refractivity contribution in [2.45, 2.75) is 40.0 Å². The van der Waals surface area contributed by atoms with Crippen molar-refractivity contribution in [3.05, 3.63) is 16.4 Å². The van der Waals surface area contributed by atoms with E-state index >= 15 is 0 Å². The normalized spacial score (nSPS) is 10.6. The zero-order valence-electron chi connectivity index (χ0n) is 12.3. The summed E-state index contributed by atoms with van der Waals surface area (Å²) < 4.78 is 0. The van der Waals surface area contributed by atoms with Crippen LogP contribution in [0.1, 0.15) is 40.0 Å². The Bertz CT molecular complexity index is 435. The summed E-state index contributed by atoms with van der Waals surface area (Å²) in [6.45, 7) is 7.53. The lowest BCUT2D eigenvalue weighted by molar-refractivity contribution is -0.383. The van der Waals surface area contributed by atoms with Crippen LogP contribution in [0, 0.1) is 16.0 Å². The topological polar surface area (TPSA) is 93.0 Å². The molecule has 1 heterocycles. The summed E-state index contributed by atoms with van der Waals surface area (Å²) in [7, 11) is 0. The molecule has 0 fully saturated rings.